The lowest BCUT2D eigenvalue weighted by molar-refractivity contribution is 0.631. The van der Waals surface area contributed by atoms with Crippen molar-refractivity contribution >= 4 is 16.9 Å². The lowest BCUT2D eigenvalue weighted by Gasteiger charge is -2.39. The Kier molecular flexibility index (Phi) is 5.13. The second-order valence-corrected chi connectivity index (χ2v) is 9.28. The summed E-state index contributed by atoms with van der Waals surface area (Å²) >= 11 is 0. The Balaban J connectivity index is 1.70. The molecule has 0 aliphatic heterocycles. The molecule has 3 heteroatoms. The van der Waals surface area contributed by atoms with E-state index in [1.54, 1.807) is 0 Å². The number of hydrogen-bond acceptors (Lipinski definition) is 3. The van der Waals surface area contributed by atoms with E-state index in [-0.39, 0.29) is 5.41 Å². The van der Waals surface area contributed by atoms with E-state index in [0.29, 0.717) is 5.82 Å². The van der Waals surface area contributed by atoms with Crippen LogP contribution in [0.25, 0.3) is 5.57 Å². The number of hydrogen-bond donors (Lipinski definition) is 3. The van der Waals surface area contributed by atoms with Crippen LogP contribution in [0, 0.1) is 0 Å². The summed E-state index contributed by atoms with van der Waals surface area (Å²) in [6.45, 7) is 14.6. The predicted octanol–water partition coefficient (Wildman–Crippen LogP) is 6.91. The van der Waals surface area contributed by atoms with Gasteiger partial charge >= 0.3 is 0 Å². The van der Waals surface area contributed by atoms with Gasteiger partial charge in [0.05, 0.1) is 11.2 Å². The van der Waals surface area contributed by atoms with Crippen LogP contribution in [0.5, 0.6) is 0 Å². The van der Waals surface area contributed by atoms with Crippen LogP contribution in [0.1, 0.15) is 59.6 Å². The molecule has 5 rings (SSSR count). The first-order chi connectivity index (χ1) is 15.9. The monoisotopic (exact) mass is 433 g/mol. The van der Waals surface area contributed by atoms with Crippen molar-refractivity contribution in [2.75, 3.05) is 10.6 Å². The van der Waals surface area contributed by atoms with Crippen LogP contribution in [-0.2, 0) is 11.8 Å². The maximum Gasteiger partial charge on any atom is 0.0930 e. The lowest BCUT2D eigenvalue weighted by Crippen LogP contribution is -2.32. The fraction of sp³-hybridized carbons (Fsp3) is 0.200. The number of benzene rings is 3. The molecule has 0 saturated carbocycles. The Bertz CT molecular complexity index is 1300. The molecule has 0 aromatic heterocycles. The van der Waals surface area contributed by atoms with Gasteiger partial charge in [0.2, 0.25) is 0 Å². The second kappa shape index (κ2) is 8.00. The average molecular weight is 434 g/mol. The summed E-state index contributed by atoms with van der Waals surface area (Å²) in [5.41, 5.74) is 17.9. The minimum absolute atomic E-state index is 0.228. The first kappa shape index (κ1) is 21.1. The topological polar surface area (TPSA) is 50.1 Å². The third-order valence-corrected chi connectivity index (χ3v) is 6.94. The Morgan fingerprint density at radius 1 is 0.909 bits per heavy atom. The summed E-state index contributed by atoms with van der Waals surface area (Å²) in [5.74, 6) is 0.446. The predicted molar refractivity (Wildman–Crippen MR) is 140 cm³/mol. The number of nitrogens with two attached hydrogens (primary N) is 1. The Morgan fingerprint density at radius 2 is 1.55 bits per heavy atom. The average Bonchev–Trinajstić information content (AvgIpc) is 3.06. The third-order valence-electron chi connectivity index (χ3n) is 6.94. The Morgan fingerprint density at radius 3 is 2.18 bits per heavy atom. The van der Waals surface area contributed by atoms with E-state index >= 15 is 0 Å². The zero-order valence-corrected chi connectivity index (χ0v) is 19.3. The van der Waals surface area contributed by atoms with Gasteiger partial charge in [-0.05, 0) is 82.5 Å². The van der Waals surface area contributed by atoms with E-state index < -0.39 is 0 Å². The standard InChI is InChI=1S/C30H31N3/c1-5-8-20(3)32-24-11-13-27-22(16-24)15-23-17-25(33-21(4)31)12-14-28(23)30(27)18-19(2)26-9-6-7-10-29(26)30/h6-7,9-14,16-17,32-33H,2-5,8,15,18,31H2,1H3. The number of allylic oxidation sites excluding steroid dienone is 2. The van der Waals surface area contributed by atoms with Crippen molar-refractivity contribution in [1.82, 2.24) is 0 Å². The van der Waals surface area contributed by atoms with Crippen molar-refractivity contribution in [2.24, 2.45) is 5.73 Å². The highest BCUT2D eigenvalue weighted by Crippen LogP contribution is 2.57. The van der Waals surface area contributed by atoms with Crippen LogP contribution in [-0.4, -0.2) is 0 Å². The molecule has 0 saturated heterocycles. The summed E-state index contributed by atoms with van der Waals surface area (Å²) in [5, 5.41) is 6.69. The van der Waals surface area contributed by atoms with Crippen LogP contribution < -0.4 is 16.4 Å². The normalized spacial score (nSPS) is 17.8. The van der Waals surface area contributed by atoms with E-state index in [1.807, 2.05) is 0 Å². The van der Waals surface area contributed by atoms with Gasteiger partial charge in [0.15, 0.2) is 0 Å². The molecule has 2 aliphatic rings. The van der Waals surface area contributed by atoms with Crippen molar-refractivity contribution in [1.29, 1.82) is 0 Å². The van der Waals surface area contributed by atoms with E-state index in [9.17, 15) is 0 Å². The van der Waals surface area contributed by atoms with Gasteiger partial charge in [-0.1, -0.05) is 69.5 Å². The van der Waals surface area contributed by atoms with Crippen molar-refractivity contribution in [3.05, 3.63) is 125 Å². The highest BCUT2D eigenvalue weighted by atomic mass is 15.0. The van der Waals surface area contributed by atoms with Crippen molar-refractivity contribution in [3.63, 3.8) is 0 Å². The summed E-state index contributed by atoms with van der Waals surface area (Å²) in [6.07, 6.45) is 3.80. The smallest absolute Gasteiger partial charge is 0.0930 e. The molecule has 0 bridgehead atoms. The molecule has 166 valence electrons. The van der Waals surface area contributed by atoms with Crippen molar-refractivity contribution < 1.29 is 0 Å². The fourth-order valence-electron chi connectivity index (χ4n) is 5.73. The molecule has 33 heavy (non-hydrogen) atoms. The van der Waals surface area contributed by atoms with Crippen molar-refractivity contribution in [2.45, 2.75) is 38.0 Å². The van der Waals surface area contributed by atoms with Gasteiger partial charge in [0.25, 0.3) is 0 Å². The SMILES string of the molecule is C=C(N)Nc1ccc2c(c1)Cc1cc(NC(=C)CCC)ccc1C21CC(=C)c2ccccc21. The minimum atomic E-state index is -0.228. The van der Waals surface area contributed by atoms with E-state index in [2.05, 4.69) is 98.0 Å². The molecule has 0 amide bonds. The number of fused-ring (bicyclic) bond motifs is 6. The van der Waals surface area contributed by atoms with Gasteiger partial charge in [-0.2, -0.15) is 0 Å². The van der Waals surface area contributed by atoms with Crippen LogP contribution in [0.4, 0.5) is 11.4 Å². The largest absolute Gasteiger partial charge is 0.386 e. The van der Waals surface area contributed by atoms with Crippen LogP contribution in [0.2, 0.25) is 0 Å². The lowest BCUT2D eigenvalue weighted by atomic mass is 9.63. The quantitative estimate of drug-likeness (QED) is 0.396. The Hall–Kier alpha value is -3.72. The van der Waals surface area contributed by atoms with Gasteiger partial charge in [0, 0.05) is 17.1 Å². The zero-order chi connectivity index (χ0) is 23.2. The highest BCUT2D eigenvalue weighted by molar-refractivity contribution is 5.81. The molecule has 1 unspecified atom stereocenters. The number of nitrogens with one attached hydrogen (secondary N) is 2. The fourth-order valence-corrected chi connectivity index (χ4v) is 5.73. The molecule has 3 aromatic carbocycles. The number of anilines is 2. The minimum Gasteiger partial charge on any atom is -0.386 e. The van der Waals surface area contributed by atoms with Gasteiger partial charge in [0.1, 0.15) is 0 Å². The molecular weight excluding hydrogens is 402 g/mol. The zero-order valence-electron chi connectivity index (χ0n) is 19.3. The molecular formula is C30H31N3. The highest BCUT2D eigenvalue weighted by Gasteiger charge is 2.47. The first-order valence-electron chi connectivity index (χ1n) is 11.6. The maximum atomic E-state index is 5.83. The molecule has 3 aromatic rings. The van der Waals surface area contributed by atoms with E-state index in [0.717, 1.165) is 42.8 Å². The van der Waals surface area contributed by atoms with Gasteiger partial charge in [-0.3, -0.25) is 0 Å². The van der Waals surface area contributed by atoms with Crippen molar-refractivity contribution in [3.8, 4) is 0 Å². The van der Waals surface area contributed by atoms with Gasteiger partial charge in [-0.15, -0.1) is 0 Å². The molecule has 0 radical (unpaired) electrons. The molecule has 1 atom stereocenters. The molecule has 3 nitrogen and oxygen atoms in total. The van der Waals surface area contributed by atoms with E-state index in [4.69, 9.17) is 5.73 Å². The maximum absolute atomic E-state index is 5.83. The molecule has 0 fully saturated rings. The first-order valence-corrected chi connectivity index (χ1v) is 11.6. The van der Waals surface area contributed by atoms with Gasteiger partial charge in [-0.25, -0.2) is 0 Å². The Labute approximate surface area is 196 Å². The van der Waals surface area contributed by atoms with Crippen LogP contribution in [0.3, 0.4) is 0 Å². The second-order valence-electron chi connectivity index (χ2n) is 9.28. The van der Waals surface area contributed by atoms with Gasteiger partial charge < -0.3 is 16.4 Å². The summed E-state index contributed by atoms with van der Waals surface area (Å²) in [4.78, 5) is 0. The molecule has 1 spiro atoms. The van der Waals surface area contributed by atoms with Crippen LogP contribution >= 0.6 is 0 Å². The third kappa shape index (κ3) is 3.45. The summed E-state index contributed by atoms with van der Waals surface area (Å²) < 4.78 is 0. The van der Waals surface area contributed by atoms with Crippen LogP contribution in [0.15, 0.2) is 91.9 Å². The number of rotatable bonds is 6. The van der Waals surface area contributed by atoms with E-state index in [1.165, 1.54) is 39.0 Å². The molecule has 0 heterocycles. The molecule has 2 aliphatic carbocycles. The summed E-state index contributed by atoms with van der Waals surface area (Å²) in [7, 11) is 0. The summed E-state index contributed by atoms with van der Waals surface area (Å²) in [6, 6.07) is 22.1. The molecule has 4 N–H and O–H groups in total.